The maximum Gasteiger partial charge on any atom is 0.343 e. The highest BCUT2D eigenvalue weighted by molar-refractivity contribution is 9.10. The second-order valence-electron chi connectivity index (χ2n) is 8.74. The van der Waals surface area contributed by atoms with Crippen LogP contribution in [0.1, 0.15) is 42.5 Å². The van der Waals surface area contributed by atoms with Crippen LogP contribution in [0.3, 0.4) is 0 Å². The summed E-state index contributed by atoms with van der Waals surface area (Å²) in [7, 11) is 0. The molecular formula is C27H23BrO4. The zero-order valence-electron chi connectivity index (χ0n) is 18.4. The fraction of sp³-hybridized carbons (Fsp3) is 0.185. The van der Waals surface area contributed by atoms with E-state index in [2.05, 4.69) is 36.7 Å². The van der Waals surface area contributed by atoms with Crippen LogP contribution in [0, 0.1) is 6.92 Å². The average Bonchev–Trinajstić information content (AvgIpc) is 2.74. The first-order chi connectivity index (χ1) is 15.1. The molecule has 0 unspecified atom stereocenters. The predicted molar refractivity (Wildman–Crippen MR) is 130 cm³/mol. The van der Waals surface area contributed by atoms with Crippen molar-refractivity contribution in [1.82, 2.24) is 0 Å². The molecule has 4 rings (SSSR count). The third-order valence-electron chi connectivity index (χ3n) is 5.37. The second-order valence-corrected chi connectivity index (χ2v) is 9.66. The molecule has 1 aromatic heterocycles. The molecule has 0 aliphatic rings. The third-order valence-corrected chi connectivity index (χ3v) is 5.90. The van der Waals surface area contributed by atoms with E-state index in [1.807, 2.05) is 36.4 Å². The lowest BCUT2D eigenvalue weighted by Gasteiger charge is -2.18. The van der Waals surface area contributed by atoms with Gasteiger partial charge in [0.05, 0.1) is 16.5 Å². The maximum absolute atomic E-state index is 13.1. The Kier molecular flexibility index (Phi) is 5.78. The van der Waals surface area contributed by atoms with Crippen molar-refractivity contribution in [3.63, 3.8) is 0 Å². The average molecular weight is 491 g/mol. The highest BCUT2D eigenvalue weighted by atomic mass is 79.9. The van der Waals surface area contributed by atoms with Crippen molar-refractivity contribution in [2.75, 3.05) is 0 Å². The molecular weight excluding hydrogens is 468 g/mol. The number of benzene rings is 3. The Bertz CT molecular complexity index is 1360. The summed E-state index contributed by atoms with van der Waals surface area (Å²) in [5.74, 6) is 0.364. The van der Waals surface area contributed by atoms with Crippen LogP contribution in [0.4, 0.5) is 0 Å². The van der Waals surface area contributed by atoms with Gasteiger partial charge in [-0.2, -0.15) is 0 Å². The van der Waals surface area contributed by atoms with Crippen LogP contribution in [-0.2, 0) is 5.41 Å². The van der Waals surface area contributed by atoms with Gasteiger partial charge >= 0.3 is 5.97 Å². The molecule has 4 aromatic rings. The molecule has 0 amide bonds. The summed E-state index contributed by atoms with van der Waals surface area (Å²) in [6.07, 6.45) is 0. The minimum atomic E-state index is -0.463. The van der Waals surface area contributed by atoms with Gasteiger partial charge in [0.25, 0.3) is 0 Å². The SMILES string of the molecule is Cc1oc2cc(OC(=O)c3ccc(C(C)(C)C)cc3)ccc2c(=O)c1-c1ccc(Br)cc1. The normalized spacial score (nSPS) is 11.5. The first-order valence-electron chi connectivity index (χ1n) is 10.3. The van der Waals surface area contributed by atoms with Crippen molar-refractivity contribution in [3.05, 3.63) is 98.3 Å². The van der Waals surface area contributed by atoms with Crippen LogP contribution in [0.2, 0.25) is 0 Å². The van der Waals surface area contributed by atoms with Crippen LogP contribution < -0.4 is 10.2 Å². The molecule has 32 heavy (non-hydrogen) atoms. The molecule has 0 N–H and O–H groups in total. The summed E-state index contributed by atoms with van der Waals surface area (Å²) in [6, 6.07) is 19.7. The lowest BCUT2D eigenvalue weighted by molar-refractivity contribution is 0.0735. The van der Waals surface area contributed by atoms with E-state index in [0.29, 0.717) is 33.6 Å². The molecule has 0 atom stereocenters. The summed E-state index contributed by atoms with van der Waals surface area (Å²) >= 11 is 3.41. The van der Waals surface area contributed by atoms with Gasteiger partial charge in [-0.1, -0.05) is 61.0 Å². The molecule has 0 aliphatic carbocycles. The second kappa shape index (κ2) is 8.40. The van der Waals surface area contributed by atoms with Crippen LogP contribution in [0.15, 0.2) is 80.4 Å². The van der Waals surface area contributed by atoms with Gasteiger partial charge in [-0.3, -0.25) is 4.79 Å². The monoisotopic (exact) mass is 490 g/mol. The van der Waals surface area contributed by atoms with Crippen LogP contribution in [-0.4, -0.2) is 5.97 Å². The third kappa shape index (κ3) is 4.39. The molecule has 0 bridgehead atoms. The van der Waals surface area contributed by atoms with Crippen LogP contribution in [0.25, 0.3) is 22.1 Å². The zero-order chi connectivity index (χ0) is 23.0. The number of carbonyl (C=O) groups excluding carboxylic acids is 1. The number of carbonyl (C=O) groups is 1. The van der Waals surface area contributed by atoms with Crippen molar-refractivity contribution in [3.8, 4) is 16.9 Å². The van der Waals surface area contributed by atoms with E-state index in [4.69, 9.17) is 9.15 Å². The van der Waals surface area contributed by atoms with Gasteiger partial charge in [-0.15, -0.1) is 0 Å². The number of hydrogen-bond acceptors (Lipinski definition) is 4. The van der Waals surface area contributed by atoms with E-state index in [-0.39, 0.29) is 10.8 Å². The van der Waals surface area contributed by atoms with Crippen LogP contribution in [0.5, 0.6) is 5.75 Å². The van der Waals surface area contributed by atoms with Crippen LogP contribution >= 0.6 is 15.9 Å². The van der Waals surface area contributed by atoms with Gasteiger partial charge in [-0.05, 0) is 59.9 Å². The Balaban J connectivity index is 1.64. The number of esters is 1. The Morgan fingerprint density at radius 2 is 1.59 bits per heavy atom. The van der Waals surface area contributed by atoms with E-state index in [1.54, 1.807) is 37.3 Å². The van der Waals surface area contributed by atoms with Gasteiger partial charge in [0, 0.05) is 10.5 Å². The lowest BCUT2D eigenvalue weighted by Crippen LogP contribution is -2.13. The van der Waals surface area contributed by atoms with Crippen molar-refractivity contribution >= 4 is 32.9 Å². The maximum atomic E-state index is 13.1. The fourth-order valence-corrected chi connectivity index (χ4v) is 3.84. The van der Waals surface area contributed by atoms with Gasteiger partial charge in [0.15, 0.2) is 0 Å². The molecule has 0 aliphatic heterocycles. The van der Waals surface area contributed by atoms with Gasteiger partial charge in [-0.25, -0.2) is 4.79 Å². The Morgan fingerprint density at radius 1 is 0.938 bits per heavy atom. The van der Waals surface area contributed by atoms with Crippen molar-refractivity contribution in [2.24, 2.45) is 0 Å². The number of aryl methyl sites for hydroxylation is 1. The molecule has 5 heteroatoms. The molecule has 0 radical (unpaired) electrons. The van der Waals surface area contributed by atoms with Gasteiger partial charge in [0.2, 0.25) is 5.43 Å². The molecule has 3 aromatic carbocycles. The topological polar surface area (TPSA) is 56.5 Å². The largest absolute Gasteiger partial charge is 0.460 e. The fourth-order valence-electron chi connectivity index (χ4n) is 3.57. The first kappa shape index (κ1) is 22.0. The zero-order valence-corrected chi connectivity index (χ0v) is 19.9. The van der Waals surface area contributed by atoms with Gasteiger partial charge in [0.1, 0.15) is 17.1 Å². The Labute approximate surface area is 195 Å². The highest BCUT2D eigenvalue weighted by Crippen LogP contribution is 2.28. The smallest absolute Gasteiger partial charge is 0.343 e. The number of halogens is 1. The minimum absolute atomic E-state index is 0.00524. The summed E-state index contributed by atoms with van der Waals surface area (Å²) in [5, 5.41) is 0.433. The Hall–Kier alpha value is -3.18. The lowest BCUT2D eigenvalue weighted by atomic mass is 9.87. The summed E-state index contributed by atoms with van der Waals surface area (Å²) in [5.41, 5.74) is 3.17. The van der Waals surface area contributed by atoms with E-state index in [9.17, 15) is 9.59 Å². The summed E-state index contributed by atoms with van der Waals surface area (Å²) < 4.78 is 12.4. The molecule has 0 saturated heterocycles. The highest BCUT2D eigenvalue weighted by Gasteiger charge is 2.17. The summed E-state index contributed by atoms with van der Waals surface area (Å²) in [6.45, 7) is 8.11. The number of fused-ring (bicyclic) bond motifs is 1. The molecule has 0 spiro atoms. The number of rotatable bonds is 3. The Morgan fingerprint density at radius 3 is 2.22 bits per heavy atom. The van der Waals surface area contributed by atoms with E-state index < -0.39 is 5.97 Å². The summed E-state index contributed by atoms with van der Waals surface area (Å²) in [4.78, 5) is 25.7. The number of ether oxygens (including phenoxy) is 1. The van der Waals surface area contributed by atoms with Crippen molar-refractivity contribution in [2.45, 2.75) is 33.1 Å². The first-order valence-corrected chi connectivity index (χ1v) is 11.1. The van der Waals surface area contributed by atoms with E-state index in [1.165, 1.54) is 0 Å². The van der Waals surface area contributed by atoms with Crippen molar-refractivity contribution in [1.29, 1.82) is 0 Å². The quantitative estimate of drug-likeness (QED) is 0.228. The molecule has 0 fully saturated rings. The van der Waals surface area contributed by atoms with Gasteiger partial charge < -0.3 is 9.15 Å². The van der Waals surface area contributed by atoms with E-state index >= 15 is 0 Å². The van der Waals surface area contributed by atoms with Crippen molar-refractivity contribution < 1.29 is 13.9 Å². The molecule has 0 saturated carbocycles. The predicted octanol–water partition coefficient (Wildman–Crippen LogP) is 7.05. The molecule has 4 nitrogen and oxygen atoms in total. The number of hydrogen-bond donors (Lipinski definition) is 0. The molecule has 162 valence electrons. The minimum Gasteiger partial charge on any atom is -0.460 e. The molecule has 1 heterocycles. The standard InChI is InChI=1S/C27H23BrO4/c1-16-24(17-7-11-20(28)12-8-17)25(29)22-14-13-21(15-23(22)31-16)32-26(30)18-5-9-19(10-6-18)27(2,3)4/h5-15H,1-4H3. The van der Waals surface area contributed by atoms with E-state index in [0.717, 1.165) is 15.6 Å².